The highest BCUT2D eigenvalue weighted by Gasteiger charge is 2.23. The number of ether oxygens (including phenoxy) is 1. The monoisotopic (exact) mass is 326 g/mol. The zero-order valence-electron chi connectivity index (χ0n) is 13.0. The van der Waals surface area contributed by atoms with E-state index >= 15 is 0 Å². The molecule has 1 atom stereocenters. The summed E-state index contributed by atoms with van der Waals surface area (Å²) in [6.45, 7) is 0.620. The summed E-state index contributed by atoms with van der Waals surface area (Å²) in [5.41, 5.74) is 1.41. The van der Waals surface area contributed by atoms with Gasteiger partial charge in [0.1, 0.15) is 11.9 Å². The normalized spacial score (nSPS) is 16.6. The first kappa shape index (κ1) is 16.0. The van der Waals surface area contributed by atoms with Gasteiger partial charge in [-0.15, -0.1) is 0 Å². The van der Waals surface area contributed by atoms with Gasteiger partial charge in [0.05, 0.1) is 5.56 Å². The van der Waals surface area contributed by atoms with Crippen LogP contribution in [-0.4, -0.2) is 29.6 Å². The lowest BCUT2D eigenvalue weighted by Gasteiger charge is -2.11. The molecule has 0 aromatic heterocycles. The second-order valence-electron chi connectivity index (χ2n) is 5.54. The average molecular weight is 326 g/mol. The number of para-hydroxylation sites is 1. The van der Waals surface area contributed by atoms with Crippen LogP contribution in [0.4, 0.5) is 11.4 Å². The number of aromatic hydroxyl groups is 1. The van der Waals surface area contributed by atoms with Crippen LogP contribution in [0.15, 0.2) is 48.5 Å². The Kier molecular flexibility index (Phi) is 4.77. The van der Waals surface area contributed by atoms with E-state index in [9.17, 15) is 14.7 Å². The third-order valence-electron chi connectivity index (χ3n) is 3.78. The molecule has 0 saturated carbocycles. The molecular formula is C18H18N2O4. The summed E-state index contributed by atoms with van der Waals surface area (Å²) < 4.78 is 5.33. The highest BCUT2D eigenvalue weighted by molar-refractivity contribution is 6.06. The topological polar surface area (TPSA) is 87.7 Å². The van der Waals surface area contributed by atoms with Gasteiger partial charge in [-0.05, 0) is 49.2 Å². The van der Waals surface area contributed by atoms with E-state index in [4.69, 9.17) is 4.74 Å². The molecule has 1 saturated heterocycles. The van der Waals surface area contributed by atoms with Crippen molar-refractivity contribution in [3.63, 3.8) is 0 Å². The van der Waals surface area contributed by atoms with Crippen molar-refractivity contribution in [3.05, 3.63) is 54.1 Å². The van der Waals surface area contributed by atoms with Crippen molar-refractivity contribution in [2.75, 3.05) is 17.2 Å². The number of benzene rings is 2. The maximum absolute atomic E-state index is 12.1. The van der Waals surface area contributed by atoms with E-state index in [1.54, 1.807) is 42.5 Å². The van der Waals surface area contributed by atoms with E-state index in [0.717, 1.165) is 12.8 Å². The molecule has 24 heavy (non-hydrogen) atoms. The molecule has 0 spiro atoms. The average Bonchev–Trinajstić information content (AvgIpc) is 3.11. The minimum atomic E-state index is -0.399. The Morgan fingerprint density at radius 3 is 2.29 bits per heavy atom. The van der Waals surface area contributed by atoms with Crippen LogP contribution in [0.2, 0.25) is 0 Å². The summed E-state index contributed by atoms with van der Waals surface area (Å²) in [6.07, 6.45) is 1.25. The minimum Gasteiger partial charge on any atom is -0.507 e. The van der Waals surface area contributed by atoms with Crippen molar-refractivity contribution in [2.24, 2.45) is 0 Å². The number of carbonyl (C=O) groups is 2. The van der Waals surface area contributed by atoms with Crippen LogP contribution in [0.1, 0.15) is 23.2 Å². The first-order chi connectivity index (χ1) is 11.6. The van der Waals surface area contributed by atoms with Crippen LogP contribution in [0, 0.1) is 0 Å². The Labute approximate surface area is 139 Å². The fourth-order valence-electron chi connectivity index (χ4n) is 2.51. The Hall–Kier alpha value is -2.86. The van der Waals surface area contributed by atoms with Crippen molar-refractivity contribution >= 4 is 23.2 Å². The standard InChI is InChI=1S/C18H18N2O4/c21-15-5-2-1-4-14(15)17(22)19-12-7-9-13(10-8-12)20-18(23)16-6-3-11-24-16/h1-2,4-5,7-10,16,21H,3,6,11H2,(H,19,22)(H,20,23). The second kappa shape index (κ2) is 7.14. The molecule has 0 bridgehead atoms. The first-order valence-electron chi connectivity index (χ1n) is 7.75. The third-order valence-corrected chi connectivity index (χ3v) is 3.78. The Balaban J connectivity index is 1.61. The molecule has 1 unspecified atom stereocenters. The number of hydrogen-bond acceptors (Lipinski definition) is 4. The molecule has 1 aliphatic heterocycles. The summed E-state index contributed by atoms with van der Waals surface area (Å²) in [5.74, 6) is -0.627. The Bertz CT molecular complexity index is 737. The second-order valence-corrected chi connectivity index (χ2v) is 5.54. The van der Waals surface area contributed by atoms with E-state index in [1.165, 1.54) is 6.07 Å². The van der Waals surface area contributed by atoms with Gasteiger partial charge in [-0.3, -0.25) is 9.59 Å². The number of hydrogen-bond donors (Lipinski definition) is 3. The number of phenolic OH excluding ortho intramolecular Hbond substituents is 1. The highest BCUT2D eigenvalue weighted by Crippen LogP contribution is 2.20. The molecule has 1 fully saturated rings. The summed E-state index contributed by atoms with van der Waals surface area (Å²) in [6, 6.07) is 13.1. The highest BCUT2D eigenvalue weighted by atomic mass is 16.5. The lowest BCUT2D eigenvalue weighted by Crippen LogP contribution is -2.26. The zero-order valence-corrected chi connectivity index (χ0v) is 13.0. The molecule has 2 aromatic rings. The third kappa shape index (κ3) is 3.72. The number of phenols is 1. The van der Waals surface area contributed by atoms with E-state index in [-0.39, 0.29) is 23.3 Å². The van der Waals surface area contributed by atoms with Gasteiger partial charge in [-0.1, -0.05) is 12.1 Å². The number of rotatable bonds is 4. The van der Waals surface area contributed by atoms with Crippen LogP contribution in [-0.2, 0) is 9.53 Å². The van der Waals surface area contributed by atoms with Gasteiger partial charge >= 0.3 is 0 Å². The molecule has 3 rings (SSSR count). The zero-order chi connectivity index (χ0) is 16.9. The van der Waals surface area contributed by atoms with Gasteiger partial charge < -0.3 is 20.5 Å². The summed E-state index contributed by atoms with van der Waals surface area (Å²) in [4.78, 5) is 24.1. The molecule has 1 heterocycles. The van der Waals surface area contributed by atoms with Gasteiger partial charge in [-0.2, -0.15) is 0 Å². The first-order valence-corrected chi connectivity index (χ1v) is 7.75. The summed E-state index contributed by atoms with van der Waals surface area (Å²) in [7, 11) is 0. The van der Waals surface area contributed by atoms with E-state index in [0.29, 0.717) is 18.0 Å². The number of carbonyl (C=O) groups excluding carboxylic acids is 2. The minimum absolute atomic E-state index is 0.0737. The van der Waals surface area contributed by atoms with E-state index < -0.39 is 5.91 Å². The lowest BCUT2D eigenvalue weighted by molar-refractivity contribution is -0.124. The van der Waals surface area contributed by atoms with Crippen LogP contribution < -0.4 is 10.6 Å². The molecule has 6 heteroatoms. The number of nitrogens with one attached hydrogen (secondary N) is 2. The van der Waals surface area contributed by atoms with Gasteiger partial charge in [0, 0.05) is 18.0 Å². The quantitative estimate of drug-likeness (QED) is 0.806. The molecule has 124 valence electrons. The van der Waals surface area contributed by atoms with Gasteiger partial charge in [0.25, 0.3) is 11.8 Å². The maximum atomic E-state index is 12.1. The largest absolute Gasteiger partial charge is 0.507 e. The fraction of sp³-hybridized carbons (Fsp3) is 0.222. The molecule has 0 radical (unpaired) electrons. The molecular weight excluding hydrogens is 308 g/mol. The lowest BCUT2D eigenvalue weighted by atomic mass is 10.2. The van der Waals surface area contributed by atoms with Crippen LogP contribution in [0.5, 0.6) is 5.75 Å². The Morgan fingerprint density at radius 1 is 1.00 bits per heavy atom. The van der Waals surface area contributed by atoms with Crippen molar-refractivity contribution in [1.82, 2.24) is 0 Å². The summed E-state index contributed by atoms with van der Waals surface area (Å²) in [5, 5.41) is 15.2. The van der Waals surface area contributed by atoms with Gasteiger partial charge in [-0.25, -0.2) is 0 Å². The number of amides is 2. The molecule has 3 N–H and O–H groups in total. The molecule has 1 aliphatic rings. The molecule has 2 aromatic carbocycles. The van der Waals surface area contributed by atoms with Crippen molar-refractivity contribution in [3.8, 4) is 5.75 Å². The summed E-state index contributed by atoms with van der Waals surface area (Å²) >= 11 is 0. The van der Waals surface area contributed by atoms with Crippen molar-refractivity contribution in [2.45, 2.75) is 18.9 Å². The van der Waals surface area contributed by atoms with E-state index in [2.05, 4.69) is 10.6 Å². The smallest absolute Gasteiger partial charge is 0.259 e. The van der Waals surface area contributed by atoms with Crippen LogP contribution in [0.3, 0.4) is 0 Å². The van der Waals surface area contributed by atoms with Gasteiger partial charge in [0.15, 0.2) is 0 Å². The van der Waals surface area contributed by atoms with Crippen molar-refractivity contribution < 1.29 is 19.4 Å². The van der Waals surface area contributed by atoms with E-state index in [1.807, 2.05) is 0 Å². The van der Waals surface area contributed by atoms with Crippen molar-refractivity contribution in [1.29, 1.82) is 0 Å². The molecule has 6 nitrogen and oxygen atoms in total. The predicted molar refractivity (Wildman–Crippen MR) is 90.1 cm³/mol. The fourth-order valence-corrected chi connectivity index (χ4v) is 2.51. The number of anilines is 2. The predicted octanol–water partition coefficient (Wildman–Crippen LogP) is 2.76. The van der Waals surface area contributed by atoms with Crippen LogP contribution in [0.25, 0.3) is 0 Å². The maximum Gasteiger partial charge on any atom is 0.259 e. The SMILES string of the molecule is O=C(Nc1ccc(NC(=O)C2CCCO2)cc1)c1ccccc1O. The van der Waals surface area contributed by atoms with Crippen LogP contribution >= 0.6 is 0 Å². The Morgan fingerprint density at radius 2 is 1.67 bits per heavy atom. The molecule has 0 aliphatic carbocycles. The molecule has 2 amide bonds. The van der Waals surface area contributed by atoms with Gasteiger partial charge in [0.2, 0.25) is 0 Å².